The summed E-state index contributed by atoms with van der Waals surface area (Å²) in [5.74, 6) is 0.556. The van der Waals surface area contributed by atoms with Crippen molar-refractivity contribution in [3.8, 4) is 0 Å². The minimum Gasteiger partial charge on any atom is -0.343 e. The second kappa shape index (κ2) is 23.2. The summed E-state index contributed by atoms with van der Waals surface area (Å²) in [7, 11) is 0. The van der Waals surface area contributed by atoms with Crippen LogP contribution in [0.5, 0.6) is 0 Å². The van der Waals surface area contributed by atoms with Gasteiger partial charge in [-0.05, 0) is 0 Å². The van der Waals surface area contributed by atoms with E-state index >= 15 is 0 Å². The van der Waals surface area contributed by atoms with Crippen LogP contribution in [0.2, 0.25) is 0 Å². The summed E-state index contributed by atoms with van der Waals surface area (Å²) in [5, 5.41) is 0. The molecule has 1 aliphatic carbocycles. The SMILES string of the molecule is C=CCCl.[C-]1=CC=CC1.[CH2-]CCC.[Ti+2]. The van der Waals surface area contributed by atoms with Crippen LogP contribution < -0.4 is 0 Å². The summed E-state index contributed by atoms with van der Waals surface area (Å²) in [6, 6.07) is 0. The van der Waals surface area contributed by atoms with Crippen molar-refractivity contribution in [2.45, 2.75) is 26.2 Å². The molecule has 1 rings (SSSR count). The first-order valence-corrected chi connectivity index (χ1v) is 5.04. The van der Waals surface area contributed by atoms with Crippen LogP contribution in [-0.4, -0.2) is 5.88 Å². The quantitative estimate of drug-likeness (QED) is 0.294. The molecule has 0 aromatic carbocycles. The van der Waals surface area contributed by atoms with Crippen molar-refractivity contribution in [1.29, 1.82) is 0 Å². The number of hydrogen-bond acceptors (Lipinski definition) is 0. The predicted octanol–water partition coefficient (Wildman–Crippen LogP) is 4.33. The first-order valence-electron chi connectivity index (χ1n) is 4.51. The first-order chi connectivity index (χ1) is 6.33. The van der Waals surface area contributed by atoms with Gasteiger partial charge in [-0.1, -0.05) is 19.4 Å². The van der Waals surface area contributed by atoms with E-state index in [9.17, 15) is 0 Å². The monoisotopic (exact) mass is 246 g/mol. The topological polar surface area (TPSA) is 0 Å². The molecule has 14 heavy (non-hydrogen) atoms. The smallest absolute Gasteiger partial charge is 0.343 e. The van der Waals surface area contributed by atoms with Gasteiger partial charge in [-0.3, -0.25) is 6.08 Å². The summed E-state index contributed by atoms with van der Waals surface area (Å²) in [6.45, 7) is 9.07. The number of hydrogen-bond donors (Lipinski definition) is 0. The van der Waals surface area contributed by atoms with Crippen molar-refractivity contribution in [2.75, 3.05) is 5.88 Å². The Morgan fingerprint density at radius 3 is 2.21 bits per heavy atom. The number of unbranched alkanes of at least 4 members (excludes halogenated alkanes) is 1. The number of alkyl halides is 1. The Bertz CT molecular complexity index is 127. The van der Waals surface area contributed by atoms with Gasteiger partial charge in [0, 0.05) is 5.88 Å². The molecule has 0 aromatic rings. The van der Waals surface area contributed by atoms with Gasteiger partial charge in [0.2, 0.25) is 0 Å². The molecule has 0 spiro atoms. The van der Waals surface area contributed by atoms with Gasteiger partial charge in [0.25, 0.3) is 0 Å². The molecule has 1 aliphatic rings. The molecule has 0 aromatic heterocycles. The third kappa shape index (κ3) is 29.5. The molecule has 0 radical (unpaired) electrons. The molecule has 2 heteroatoms. The number of allylic oxidation sites excluding steroid dienone is 5. The van der Waals surface area contributed by atoms with Gasteiger partial charge >= 0.3 is 21.7 Å². The van der Waals surface area contributed by atoms with Gasteiger partial charge in [-0.2, -0.15) is 12.5 Å². The van der Waals surface area contributed by atoms with Crippen molar-refractivity contribution in [3.05, 3.63) is 43.9 Å². The third-order valence-corrected chi connectivity index (χ3v) is 1.27. The Hall–Kier alpha value is 0.224. The summed E-state index contributed by atoms with van der Waals surface area (Å²) in [5.41, 5.74) is 0. The Morgan fingerprint density at radius 2 is 2.14 bits per heavy atom. The van der Waals surface area contributed by atoms with Crippen molar-refractivity contribution in [3.63, 3.8) is 0 Å². The Labute approximate surface area is 109 Å². The molecule has 0 bridgehead atoms. The van der Waals surface area contributed by atoms with Crippen molar-refractivity contribution >= 4 is 11.6 Å². The van der Waals surface area contributed by atoms with Crippen molar-refractivity contribution in [1.82, 2.24) is 0 Å². The van der Waals surface area contributed by atoms with E-state index in [0.29, 0.717) is 5.88 Å². The fourth-order valence-electron chi connectivity index (χ4n) is 0.340. The maximum absolute atomic E-state index is 5.07. The van der Waals surface area contributed by atoms with E-state index in [-0.39, 0.29) is 21.7 Å². The maximum atomic E-state index is 5.07. The van der Waals surface area contributed by atoms with Crippen LogP contribution >= 0.6 is 11.6 Å². The van der Waals surface area contributed by atoms with Crippen LogP contribution in [0.25, 0.3) is 0 Å². The van der Waals surface area contributed by atoms with Crippen molar-refractivity contribution < 1.29 is 21.7 Å². The molecule has 78 valence electrons. The molecule has 0 aliphatic heterocycles. The van der Waals surface area contributed by atoms with Gasteiger partial charge in [0.1, 0.15) is 0 Å². The van der Waals surface area contributed by atoms with Crippen LogP contribution in [0.3, 0.4) is 0 Å². The first kappa shape index (κ1) is 19.7. The van der Waals surface area contributed by atoms with Crippen molar-refractivity contribution in [2.24, 2.45) is 0 Å². The summed E-state index contributed by atoms with van der Waals surface area (Å²) in [4.78, 5) is 0. The van der Waals surface area contributed by atoms with Gasteiger partial charge in [-0.15, -0.1) is 24.6 Å². The van der Waals surface area contributed by atoms with Crippen LogP contribution in [0.4, 0.5) is 0 Å². The summed E-state index contributed by atoms with van der Waals surface area (Å²) < 4.78 is 0. The molecule has 0 fully saturated rings. The Balaban J connectivity index is -0.000000127. The van der Waals surface area contributed by atoms with Crippen LogP contribution in [0.15, 0.2) is 30.9 Å². The minimum absolute atomic E-state index is 0. The van der Waals surface area contributed by atoms with Crippen LogP contribution in [0, 0.1) is 13.0 Å². The van der Waals surface area contributed by atoms with Gasteiger partial charge in [0.15, 0.2) is 0 Å². The molecule has 0 nitrogen and oxygen atoms in total. The normalized spacial score (nSPS) is 10.2. The zero-order valence-electron chi connectivity index (χ0n) is 8.93. The Kier molecular flexibility index (Phi) is 32.8. The predicted molar refractivity (Wildman–Crippen MR) is 62.8 cm³/mol. The van der Waals surface area contributed by atoms with Crippen LogP contribution in [-0.2, 0) is 21.7 Å². The molecule has 0 amide bonds. The number of halogens is 1. The van der Waals surface area contributed by atoms with Crippen LogP contribution in [0.1, 0.15) is 26.2 Å². The number of rotatable bonds is 2. The Morgan fingerprint density at radius 1 is 1.64 bits per heavy atom. The average molecular weight is 247 g/mol. The second-order valence-electron chi connectivity index (χ2n) is 2.30. The van der Waals surface area contributed by atoms with E-state index in [1.165, 1.54) is 6.42 Å². The summed E-state index contributed by atoms with van der Waals surface area (Å²) >= 11 is 5.07. The average Bonchev–Trinajstić information content (AvgIpc) is 2.76. The summed E-state index contributed by atoms with van der Waals surface area (Å²) in [6.07, 6.45) is 13.9. The van der Waals surface area contributed by atoms with E-state index in [1.807, 2.05) is 12.2 Å². The standard InChI is InChI=1S/C5H5.C4H9.C3H5Cl.Ti/c1-2-4-5-3-1;1-3-4-2;1-2-3-4;/h1-3H,4H2;1,3-4H2,2H3;2H,1,3H2;/q2*-1;;+2. The molecule has 0 unspecified atom stereocenters. The molecule has 0 saturated carbocycles. The zero-order chi connectivity index (χ0) is 10.4. The van der Waals surface area contributed by atoms with E-state index in [4.69, 9.17) is 11.6 Å². The van der Waals surface area contributed by atoms with E-state index < -0.39 is 0 Å². The zero-order valence-corrected chi connectivity index (χ0v) is 11.2. The molecule has 0 saturated heterocycles. The third-order valence-electron chi connectivity index (χ3n) is 1.05. The minimum atomic E-state index is 0. The fourth-order valence-corrected chi connectivity index (χ4v) is 0.340. The van der Waals surface area contributed by atoms with E-state index in [2.05, 4.69) is 32.6 Å². The molecular formula is C12H19ClTi. The van der Waals surface area contributed by atoms with E-state index in [0.717, 1.165) is 12.8 Å². The van der Waals surface area contributed by atoms with Gasteiger partial charge in [0.05, 0.1) is 0 Å². The van der Waals surface area contributed by atoms with Gasteiger partial charge < -0.3 is 6.92 Å². The molecule has 0 atom stereocenters. The molecule has 0 heterocycles. The van der Waals surface area contributed by atoms with E-state index in [1.54, 1.807) is 6.08 Å². The maximum Gasteiger partial charge on any atom is 2.00 e. The van der Waals surface area contributed by atoms with Gasteiger partial charge in [-0.25, -0.2) is 12.2 Å². The molecular weight excluding hydrogens is 227 g/mol. The second-order valence-corrected chi connectivity index (χ2v) is 2.61. The fraction of sp³-hybridized carbons (Fsp3) is 0.417. The molecule has 0 N–H and O–H groups in total. The largest absolute Gasteiger partial charge is 2.00 e.